The molecule has 1 aromatic heterocycles. The molecule has 0 amide bonds. The Morgan fingerprint density at radius 2 is 1.79 bits per heavy atom. The number of thioether (sulfide) groups is 1. The second-order valence-electron chi connectivity index (χ2n) is 5.38. The molecule has 0 saturated heterocycles. The van der Waals surface area contributed by atoms with Crippen LogP contribution in [-0.4, -0.2) is 36.3 Å². The monoisotopic (exact) mass is 340 g/mol. The molecule has 3 rings (SSSR count). The Morgan fingerprint density at radius 3 is 2.46 bits per heavy atom. The van der Waals surface area contributed by atoms with E-state index in [4.69, 9.17) is 0 Å². The Bertz CT molecular complexity index is 844. The van der Waals surface area contributed by atoms with Gasteiger partial charge in [-0.15, -0.1) is 5.10 Å². The maximum Gasteiger partial charge on any atom is 0.214 e. The molecule has 0 radical (unpaired) electrons. The van der Waals surface area contributed by atoms with Crippen molar-refractivity contribution >= 4 is 17.5 Å². The highest BCUT2D eigenvalue weighted by molar-refractivity contribution is 8.00. The van der Waals surface area contributed by atoms with Gasteiger partial charge in [-0.1, -0.05) is 41.6 Å². The van der Waals surface area contributed by atoms with Crippen LogP contribution in [0, 0.1) is 6.92 Å². The van der Waals surface area contributed by atoms with Crippen molar-refractivity contribution < 1.29 is 9.90 Å². The van der Waals surface area contributed by atoms with Gasteiger partial charge < -0.3 is 5.11 Å². The van der Waals surface area contributed by atoms with Crippen LogP contribution in [-0.2, 0) is 0 Å². The van der Waals surface area contributed by atoms with E-state index in [-0.39, 0.29) is 16.8 Å². The number of aromatic nitrogens is 4. The smallest absolute Gasteiger partial charge is 0.214 e. The van der Waals surface area contributed by atoms with Gasteiger partial charge in [0.05, 0.1) is 10.9 Å². The number of phenols is 1. The van der Waals surface area contributed by atoms with Crippen LogP contribution in [0.25, 0.3) is 5.69 Å². The minimum absolute atomic E-state index is 0.0280. The van der Waals surface area contributed by atoms with Crippen LogP contribution >= 0.6 is 11.8 Å². The number of nitrogens with zero attached hydrogens (tertiary/aromatic N) is 4. The minimum Gasteiger partial charge on any atom is -0.508 e. The van der Waals surface area contributed by atoms with Crippen molar-refractivity contribution in [3.05, 3.63) is 59.7 Å². The van der Waals surface area contributed by atoms with Crippen LogP contribution in [0.15, 0.2) is 53.7 Å². The van der Waals surface area contributed by atoms with E-state index < -0.39 is 0 Å². The summed E-state index contributed by atoms with van der Waals surface area (Å²) < 4.78 is 1.54. The molecule has 0 fully saturated rings. The van der Waals surface area contributed by atoms with Gasteiger partial charge >= 0.3 is 0 Å². The molecule has 0 unspecified atom stereocenters. The zero-order valence-electron chi connectivity index (χ0n) is 13.2. The molecular formula is C17H16N4O2S. The zero-order valence-corrected chi connectivity index (χ0v) is 14.1. The summed E-state index contributed by atoms with van der Waals surface area (Å²) in [5.41, 5.74) is 2.50. The number of rotatable bonds is 5. The van der Waals surface area contributed by atoms with Crippen molar-refractivity contribution in [1.82, 2.24) is 20.2 Å². The molecule has 1 atom stereocenters. The van der Waals surface area contributed by atoms with Crippen LogP contribution in [0.3, 0.4) is 0 Å². The lowest BCUT2D eigenvalue weighted by Crippen LogP contribution is -2.14. The molecule has 3 aromatic rings. The largest absolute Gasteiger partial charge is 0.508 e. The van der Waals surface area contributed by atoms with Crippen molar-refractivity contribution in [1.29, 1.82) is 0 Å². The molecule has 1 heterocycles. The summed E-state index contributed by atoms with van der Waals surface area (Å²) in [5.74, 6) is 0.198. The van der Waals surface area contributed by atoms with Crippen molar-refractivity contribution in [2.45, 2.75) is 24.3 Å². The molecule has 1 N–H and O–H groups in total. The van der Waals surface area contributed by atoms with Crippen LogP contribution < -0.4 is 0 Å². The molecule has 0 aliphatic heterocycles. The fourth-order valence-electron chi connectivity index (χ4n) is 2.17. The van der Waals surface area contributed by atoms with E-state index in [0.29, 0.717) is 10.7 Å². The number of hydrogen-bond donors (Lipinski definition) is 1. The van der Waals surface area contributed by atoms with Crippen molar-refractivity contribution in [3.63, 3.8) is 0 Å². The maximum absolute atomic E-state index is 12.5. The first-order chi connectivity index (χ1) is 11.5. The highest BCUT2D eigenvalue weighted by atomic mass is 32.2. The zero-order chi connectivity index (χ0) is 17.1. The van der Waals surface area contributed by atoms with Gasteiger partial charge in [-0.05, 0) is 48.5 Å². The maximum atomic E-state index is 12.5. The summed E-state index contributed by atoms with van der Waals surface area (Å²) in [5, 5.41) is 21.2. The summed E-state index contributed by atoms with van der Waals surface area (Å²) in [6, 6.07) is 14.1. The van der Waals surface area contributed by atoms with E-state index in [9.17, 15) is 9.90 Å². The van der Waals surface area contributed by atoms with Crippen molar-refractivity contribution in [3.8, 4) is 11.4 Å². The summed E-state index contributed by atoms with van der Waals surface area (Å²) in [6.45, 7) is 3.82. The van der Waals surface area contributed by atoms with Crippen LogP contribution in [0.1, 0.15) is 22.8 Å². The number of hydrogen-bond acceptors (Lipinski definition) is 6. The SMILES string of the molecule is Cc1ccc(C(=O)[C@@H](C)Sc2nnnn2-c2ccc(O)cc2)cc1. The Morgan fingerprint density at radius 1 is 1.12 bits per heavy atom. The minimum atomic E-state index is -0.324. The number of ketones is 1. The number of carbonyl (C=O) groups excluding carboxylic acids is 1. The molecule has 6 nitrogen and oxygen atoms in total. The molecule has 0 bridgehead atoms. The molecule has 24 heavy (non-hydrogen) atoms. The average Bonchev–Trinajstić information content (AvgIpc) is 3.03. The second kappa shape index (κ2) is 6.84. The predicted octanol–water partition coefficient (Wildman–Crippen LogP) is 3.04. The Hall–Kier alpha value is -2.67. The number of tetrazole rings is 1. The third kappa shape index (κ3) is 3.46. The predicted molar refractivity (Wildman–Crippen MR) is 91.6 cm³/mol. The number of aryl methyl sites for hydroxylation is 1. The van der Waals surface area contributed by atoms with Gasteiger partial charge in [0.15, 0.2) is 5.78 Å². The first-order valence-corrected chi connectivity index (χ1v) is 8.28. The molecular weight excluding hydrogens is 324 g/mol. The van der Waals surface area contributed by atoms with E-state index in [1.807, 2.05) is 38.1 Å². The van der Waals surface area contributed by atoms with Gasteiger partial charge in [-0.25, -0.2) is 0 Å². The molecule has 7 heteroatoms. The summed E-state index contributed by atoms with van der Waals surface area (Å²) in [6.07, 6.45) is 0. The number of carbonyl (C=O) groups is 1. The fourth-order valence-corrected chi connectivity index (χ4v) is 3.06. The van der Waals surface area contributed by atoms with E-state index in [2.05, 4.69) is 15.5 Å². The average molecular weight is 340 g/mol. The summed E-state index contributed by atoms with van der Waals surface area (Å²) in [4.78, 5) is 12.5. The van der Waals surface area contributed by atoms with Gasteiger partial charge in [-0.3, -0.25) is 4.79 Å². The molecule has 0 spiro atoms. The van der Waals surface area contributed by atoms with E-state index in [1.165, 1.54) is 11.8 Å². The van der Waals surface area contributed by atoms with Crippen LogP contribution in [0.2, 0.25) is 0 Å². The highest BCUT2D eigenvalue weighted by Crippen LogP contribution is 2.26. The molecule has 0 aliphatic carbocycles. The summed E-state index contributed by atoms with van der Waals surface area (Å²) in [7, 11) is 0. The Balaban J connectivity index is 1.79. The quantitative estimate of drug-likeness (QED) is 0.568. The van der Waals surface area contributed by atoms with Crippen LogP contribution in [0.4, 0.5) is 0 Å². The van der Waals surface area contributed by atoms with Crippen molar-refractivity contribution in [2.24, 2.45) is 0 Å². The third-order valence-electron chi connectivity index (χ3n) is 3.52. The van der Waals surface area contributed by atoms with Gasteiger partial charge in [0.25, 0.3) is 0 Å². The number of Topliss-reactive ketones (excluding diaryl/α,β-unsaturated/α-hetero) is 1. The normalized spacial score (nSPS) is 12.1. The topological polar surface area (TPSA) is 80.9 Å². The number of benzene rings is 2. The highest BCUT2D eigenvalue weighted by Gasteiger charge is 2.20. The third-order valence-corrected chi connectivity index (χ3v) is 4.56. The number of phenolic OH excluding ortho intramolecular Hbond substituents is 1. The molecule has 0 aliphatic rings. The molecule has 122 valence electrons. The van der Waals surface area contributed by atoms with E-state index in [0.717, 1.165) is 11.3 Å². The lowest BCUT2D eigenvalue weighted by Gasteiger charge is -2.10. The van der Waals surface area contributed by atoms with Crippen molar-refractivity contribution in [2.75, 3.05) is 0 Å². The summed E-state index contributed by atoms with van der Waals surface area (Å²) >= 11 is 1.30. The second-order valence-corrected chi connectivity index (χ2v) is 6.69. The van der Waals surface area contributed by atoms with Gasteiger partial charge in [-0.2, -0.15) is 4.68 Å². The first-order valence-electron chi connectivity index (χ1n) is 7.40. The van der Waals surface area contributed by atoms with E-state index >= 15 is 0 Å². The lowest BCUT2D eigenvalue weighted by atomic mass is 10.1. The molecule has 0 saturated carbocycles. The van der Waals surface area contributed by atoms with Crippen LogP contribution in [0.5, 0.6) is 5.75 Å². The van der Waals surface area contributed by atoms with Gasteiger partial charge in [0.1, 0.15) is 5.75 Å². The van der Waals surface area contributed by atoms with E-state index in [1.54, 1.807) is 28.9 Å². The molecule has 2 aromatic carbocycles. The lowest BCUT2D eigenvalue weighted by molar-refractivity contribution is 0.0994. The standard InChI is InChI=1S/C17H16N4O2S/c1-11-3-5-13(6-4-11)16(23)12(2)24-17-18-19-20-21(17)14-7-9-15(22)10-8-14/h3-10,12,22H,1-2H3/t12-/m1/s1. The fraction of sp³-hybridized carbons (Fsp3) is 0.176. The Labute approximate surface area is 143 Å². The van der Waals surface area contributed by atoms with Gasteiger partial charge in [0.2, 0.25) is 5.16 Å². The van der Waals surface area contributed by atoms with Gasteiger partial charge in [0, 0.05) is 5.56 Å². The number of aromatic hydroxyl groups is 1. The Kier molecular flexibility index (Phi) is 4.61. The first kappa shape index (κ1) is 16.2.